The van der Waals surface area contributed by atoms with Crippen LogP contribution in [0.4, 0.5) is 0 Å². The predicted molar refractivity (Wildman–Crippen MR) is 42.6 cm³/mol. The van der Waals surface area contributed by atoms with E-state index < -0.39 is 0 Å². The van der Waals surface area contributed by atoms with E-state index in [9.17, 15) is 0 Å². The van der Waals surface area contributed by atoms with Crippen LogP contribution in [0.3, 0.4) is 0 Å². The first-order valence-electron chi connectivity index (χ1n) is 3.60. The highest BCUT2D eigenvalue weighted by Crippen LogP contribution is 1.90. The Balaban J connectivity index is 3.04. The first kappa shape index (κ1) is 8.70. The van der Waals surface area contributed by atoms with Gasteiger partial charge in [0.2, 0.25) is 0 Å². The van der Waals surface area contributed by atoms with Crippen LogP contribution in [0.5, 0.6) is 0 Å². The highest BCUT2D eigenvalue weighted by molar-refractivity contribution is 4.70. The molecule has 0 radical (unpaired) electrons. The Bertz CT molecular complexity index is 69.0. The van der Waals surface area contributed by atoms with Crippen molar-refractivity contribution in [2.24, 2.45) is 0 Å². The molecule has 0 spiro atoms. The lowest BCUT2D eigenvalue weighted by molar-refractivity contribution is 0.362. The first-order chi connectivity index (χ1) is 4.31. The van der Waals surface area contributed by atoms with Crippen LogP contribution in [0.2, 0.25) is 0 Å². The van der Waals surface area contributed by atoms with E-state index in [1.54, 1.807) is 0 Å². The van der Waals surface area contributed by atoms with E-state index >= 15 is 0 Å². The molecule has 0 unspecified atom stereocenters. The molecule has 54 valence electrons. The number of hydrogen-bond acceptors (Lipinski definition) is 1. The molecule has 0 heterocycles. The summed E-state index contributed by atoms with van der Waals surface area (Å²) in [4.78, 5) is 2.27. The lowest BCUT2D eigenvalue weighted by atomic mass is 10.3. The molecule has 0 aromatic rings. The highest BCUT2D eigenvalue weighted by Gasteiger charge is 1.90. The molecule has 0 aliphatic rings. The molecule has 0 bridgehead atoms. The molecule has 0 fully saturated rings. The lowest BCUT2D eigenvalue weighted by Crippen LogP contribution is -2.18. The van der Waals surface area contributed by atoms with Crippen molar-refractivity contribution in [1.82, 2.24) is 4.90 Å². The fourth-order valence-electron chi connectivity index (χ4n) is 0.740. The van der Waals surface area contributed by atoms with Crippen LogP contribution >= 0.6 is 0 Å². The lowest BCUT2D eigenvalue weighted by Gasteiger charge is -2.12. The normalized spacial score (nSPS) is 10.1. The fourth-order valence-corrected chi connectivity index (χ4v) is 0.740. The fraction of sp³-hybridized carbons (Fsp3) is 0.750. The smallest absolute Gasteiger partial charge is 0.0157 e. The zero-order valence-electron chi connectivity index (χ0n) is 6.56. The van der Waals surface area contributed by atoms with Crippen molar-refractivity contribution in [2.45, 2.75) is 19.8 Å². The number of rotatable bonds is 5. The average Bonchev–Trinajstić information content (AvgIpc) is 1.85. The molecule has 0 aromatic heterocycles. The topological polar surface area (TPSA) is 3.24 Å². The summed E-state index contributed by atoms with van der Waals surface area (Å²) in [5.74, 6) is 0. The van der Waals surface area contributed by atoms with Crippen molar-refractivity contribution in [3.8, 4) is 0 Å². The van der Waals surface area contributed by atoms with Crippen molar-refractivity contribution < 1.29 is 0 Å². The predicted octanol–water partition coefficient (Wildman–Crippen LogP) is 1.90. The van der Waals surface area contributed by atoms with Crippen LogP contribution in [-0.2, 0) is 0 Å². The zero-order chi connectivity index (χ0) is 7.11. The molecule has 0 aliphatic carbocycles. The molecular formula is C8H17N. The standard InChI is InChI=1S/C8H17N/c1-4-6-8-9(3)7-5-2/h5H,2,4,6-8H2,1,3H3. The molecule has 1 nitrogen and oxygen atoms in total. The van der Waals surface area contributed by atoms with Crippen LogP contribution in [0.25, 0.3) is 0 Å². The van der Waals surface area contributed by atoms with E-state index in [4.69, 9.17) is 0 Å². The molecule has 0 amide bonds. The van der Waals surface area contributed by atoms with Gasteiger partial charge in [-0.3, -0.25) is 0 Å². The van der Waals surface area contributed by atoms with E-state index in [0.717, 1.165) is 6.54 Å². The van der Waals surface area contributed by atoms with Gasteiger partial charge in [0.1, 0.15) is 0 Å². The van der Waals surface area contributed by atoms with E-state index in [1.165, 1.54) is 19.4 Å². The molecular weight excluding hydrogens is 110 g/mol. The molecule has 0 saturated heterocycles. The largest absolute Gasteiger partial charge is 0.303 e. The number of hydrogen-bond donors (Lipinski definition) is 0. The molecule has 9 heavy (non-hydrogen) atoms. The average molecular weight is 127 g/mol. The summed E-state index contributed by atoms with van der Waals surface area (Å²) < 4.78 is 0. The molecule has 0 aromatic carbocycles. The van der Waals surface area contributed by atoms with Crippen molar-refractivity contribution in [3.63, 3.8) is 0 Å². The summed E-state index contributed by atoms with van der Waals surface area (Å²) in [5.41, 5.74) is 0. The van der Waals surface area contributed by atoms with Crippen molar-refractivity contribution in [2.75, 3.05) is 20.1 Å². The maximum atomic E-state index is 3.67. The van der Waals surface area contributed by atoms with Crippen molar-refractivity contribution >= 4 is 0 Å². The van der Waals surface area contributed by atoms with Crippen LogP contribution in [0, 0.1) is 0 Å². The maximum Gasteiger partial charge on any atom is 0.0157 e. The zero-order valence-corrected chi connectivity index (χ0v) is 6.56. The van der Waals surface area contributed by atoms with E-state index in [-0.39, 0.29) is 0 Å². The van der Waals surface area contributed by atoms with Gasteiger partial charge in [0.05, 0.1) is 0 Å². The summed E-state index contributed by atoms with van der Waals surface area (Å²) in [7, 11) is 2.12. The monoisotopic (exact) mass is 127 g/mol. The van der Waals surface area contributed by atoms with E-state index in [0.29, 0.717) is 0 Å². The van der Waals surface area contributed by atoms with Gasteiger partial charge >= 0.3 is 0 Å². The number of unbranched alkanes of at least 4 members (excludes halogenated alkanes) is 1. The summed E-state index contributed by atoms with van der Waals surface area (Å²) in [6.07, 6.45) is 4.52. The minimum Gasteiger partial charge on any atom is -0.303 e. The Morgan fingerprint density at radius 3 is 2.67 bits per heavy atom. The van der Waals surface area contributed by atoms with Gasteiger partial charge in [-0.15, -0.1) is 6.58 Å². The summed E-state index contributed by atoms with van der Waals surface area (Å²) in [5, 5.41) is 0. The summed E-state index contributed by atoms with van der Waals surface area (Å²) in [6, 6.07) is 0. The maximum absolute atomic E-state index is 3.67. The van der Waals surface area contributed by atoms with Crippen molar-refractivity contribution in [1.29, 1.82) is 0 Å². The minimum atomic E-state index is 1.01. The first-order valence-corrected chi connectivity index (χ1v) is 3.60. The number of likely N-dealkylation sites (N-methyl/N-ethyl adjacent to an activating group) is 1. The van der Waals surface area contributed by atoms with Gasteiger partial charge in [-0.2, -0.15) is 0 Å². The van der Waals surface area contributed by atoms with Gasteiger partial charge in [-0.1, -0.05) is 19.4 Å². The molecule has 1 heteroatoms. The Labute approximate surface area is 58.4 Å². The second-order valence-electron chi connectivity index (χ2n) is 2.40. The Hall–Kier alpha value is -0.300. The highest BCUT2D eigenvalue weighted by atomic mass is 15.1. The van der Waals surface area contributed by atoms with E-state index in [2.05, 4.69) is 25.5 Å². The Kier molecular flexibility index (Phi) is 5.64. The molecule has 0 aliphatic heterocycles. The van der Waals surface area contributed by atoms with Gasteiger partial charge in [-0.25, -0.2) is 0 Å². The molecule has 0 rings (SSSR count). The van der Waals surface area contributed by atoms with Crippen LogP contribution in [0.1, 0.15) is 19.8 Å². The SMILES string of the molecule is C=CCN(C)CCCC. The van der Waals surface area contributed by atoms with Crippen molar-refractivity contribution in [3.05, 3.63) is 12.7 Å². The van der Waals surface area contributed by atoms with Crippen LogP contribution < -0.4 is 0 Å². The minimum absolute atomic E-state index is 1.01. The Morgan fingerprint density at radius 1 is 1.56 bits per heavy atom. The summed E-state index contributed by atoms with van der Waals surface area (Å²) >= 11 is 0. The second kappa shape index (κ2) is 5.83. The van der Waals surface area contributed by atoms with Gasteiger partial charge in [0.25, 0.3) is 0 Å². The molecule has 0 atom stereocenters. The second-order valence-corrected chi connectivity index (χ2v) is 2.40. The number of nitrogens with zero attached hydrogens (tertiary/aromatic N) is 1. The third-order valence-electron chi connectivity index (χ3n) is 1.33. The van der Waals surface area contributed by atoms with Gasteiger partial charge < -0.3 is 4.90 Å². The summed E-state index contributed by atoms with van der Waals surface area (Å²) in [6.45, 7) is 8.09. The van der Waals surface area contributed by atoms with E-state index in [1.807, 2.05) is 6.08 Å². The van der Waals surface area contributed by atoms with Crippen LogP contribution in [0.15, 0.2) is 12.7 Å². The molecule has 0 N–H and O–H groups in total. The van der Waals surface area contributed by atoms with Gasteiger partial charge in [-0.05, 0) is 20.0 Å². The van der Waals surface area contributed by atoms with Gasteiger partial charge in [0, 0.05) is 6.54 Å². The quantitative estimate of drug-likeness (QED) is 0.510. The molecule has 0 saturated carbocycles. The Morgan fingerprint density at radius 2 is 2.22 bits per heavy atom. The van der Waals surface area contributed by atoms with Gasteiger partial charge in [0.15, 0.2) is 0 Å². The third kappa shape index (κ3) is 5.57. The third-order valence-corrected chi connectivity index (χ3v) is 1.33. The van der Waals surface area contributed by atoms with Crippen LogP contribution in [-0.4, -0.2) is 25.0 Å².